The lowest BCUT2D eigenvalue weighted by atomic mass is 10.0. The quantitative estimate of drug-likeness (QED) is 0.209. The average Bonchev–Trinajstić information content (AvgIpc) is 3.26. The summed E-state index contributed by atoms with van der Waals surface area (Å²) in [5.74, 6) is 3.41. The van der Waals surface area contributed by atoms with Crippen molar-refractivity contribution in [3.8, 4) is 11.5 Å². The highest BCUT2D eigenvalue weighted by molar-refractivity contribution is 14.0. The average molecular weight is 560 g/mol. The molecule has 2 saturated heterocycles. The minimum Gasteiger partial charge on any atom is -0.497 e. The van der Waals surface area contributed by atoms with E-state index in [0.29, 0.717) is 6.04 Å². The van der Waals surface area contributed by atoms with E-state index >= 15 is 0 Å². The third kappa shape index (κ3) is 8.17. The molecule has 2 heterocycles. The molecule has 182 valence electrons. The maximum Gasteiger partial charge on any atom is 0.191 e. The number of hydrogen-bond donors (Lipinski definition) is 2. The zero-order valence-corrected chi connectivity index (χ0v) is 22.6. The minimum atomic E-state index is 0. The Kier molecular flexibility index (Phi) is 11.7. The van der Waals surface area contributed by atoms with Crippen LogP contribution in [0.25, 0.3) is 0 Å². The summed E-state index contributed by atoms with van der Waals surface area (Å²) in [6.07, 6.45) is 6.24. The number of hydrogen-bond acceptors (Lipinski definition) is 5. The summed E-state index contributed by atoms with van der Waals surface area (Å²) in [7, 11) is 5.23. The second-order valence-corrected chi connectivity index (χ2v) is 8.90. The van der Waals surface area contributed by atoms with E-state index in [-0.39, 0.29) is 24.0 Å². The lowest BCUT2D eigenvalue weighted by Crippen LogP contribution is -2.45. The number of ether oxygens (including phenoxy) is 2. The molecule has 2 fully saturated rings. The number of guanidine groups is 1. The molecule has 2 aliphatic rings. The molecule has 2 atom stereocenters. The molecule has 32 heavy (non-hydrogen) atoms. The first-order valence-corrected chi connectivity index (χ1v) is 11.8. The maximum absolute atomic E-state index is 5.42. The van der Waals surface area contributed by atoms with Gasteiger partial charge in [-0.15, -0.1) is 24.0 Å². The van der Waals surface area contributed by atoms with Crippen molar-refractivity contribution < 1.29 is 9.47 Å². The third-order valence-electron chi connectivity index (χ3n) is 6.39. The van der Waals surface area contributed by atoms with E-state index in [1.54, 1.807) is 14.2 Å². The van der Waals surface area contributed by atoms with E-state index in [9.17, 15) is 0 Å². The fraction of sp³-hybridized carbons (Fsp3) is 0.708. The first kappa shape index (κ1) is 26.8. The van der Waals surface area contributed by atoms with E-state index in [4.69, 9.17) is 9.47 Å². The predicted octanol–water partition coefficient (Wildman–Crippen LogP) is 3.58. The highest BCUT2D eigenvalue weighted by Gasteiger charge is 2.24. The van der Waals surface area contributed by atoms with Crippen LogP contribution in [-0.2, 0) is 0 Å². The van der Waals surface area contributed by atoms with Gasteiger partial charge in [0.05, 0.1) is 14.2 Å². The van der Waals surface area contributed by atoms with E-state index in [1.165, 1.54) is 45.3 Å². The number of nitrogens with zero attached hydrogens (tertiary/aromatic N) is 3. The number of unbranched alkanes of at least 4 members (excludes halogenated alkanes) is 1. The molecule has 0 bridgehead atoms. The van der Waals surface area contributed by atoms with Crippen molar-refractivity contribution in [1.29, 1.82) is 0 Å². The van der Waals surface area contributed by atoms with Crippen molar-refractivity contribution in [3.63, 3.8) is 0 Å². The Labute approximate surface area is 211 Å². The number of aliphatic imine (C=N–C) groups is 1. The van der Waals surface area contributed by atoms with Crippen molar-refractivity contribution in [2.75, 3.05) is 65.4 Å². The molecule has 0 aliphatic carbocycles. The molecule has 2 unspecified atom stereocenters. The molecule has 0 spiro atoms. The summed E-state index contributed by atoms with van der Waals surface area (Å²) in [6.45, 7) is 9.04. The van der Waals surface area contributed by atoms with Gasteiger partial charge in [0.15, 0.2) is 5.96 Å². The Morgan fingerprint density at radius 3 is 2.47 bits per heavy atom. The topological polar surface area (TPSA) is 61.4 Å². The van der Waals surface area contributed by atoms with E-state index in [1.807, 2.05) is 13.1 Å². The minimum absolute atomic E-state index is 0. The van der Waals surface area contributed by atoms with E-state index < -0.39 is 0 Å². The third-order valence-corrected chi connectivity index (χ3v) is 6.39. The number of nitrogens with one attached hydrogen (secondary N) is 2. The van der Waals surface area contributed by atoms with Gasteiger partial charge in [-0.05, 0) is 51.1 Å². The highest BCUT2D eigenvalue weighted by atomic mass is 127. The smallest absolute Gasteiger partial charge is 0.191 e. The summed E-state index contributed by atoms with van der Waals surface area (Å²) in [5, 5.41) is 7.09. The highest BCUT2D eigenvalue weighted by Crippen LogP contribution is 2.30. The number of methoxy groups -OCH3 is 2. The molecule has 1 aromatic rings. The van der Waals surface area contributed by atoms with Crippen LogP contribution in [0.5, 0.6) is 11.5 Å². The van der Waals surface area contributed by atoms with Crippen molar-refractivity contribution in [2.45, 2.75) is 45.1 Å². The molecule has 1 aromatic carbocycles. The van der Waals surface area contributed by atoms with Gasteiger partial charge in [0, 0.05) is 63.2 Å². The molecular formula is C24H42IN5O2. The first-order valence-electron chi connectivity index (χ1n) is 11.8. The Bertz CT molecular complexity index is 695. The molecule has 3 rings (SSSR count). The van der Waals surface area contributed by atoms with Crippen LogP contribution >= 0.6 is 24.0 Å². The summed E-state index contributed by atoms with van der Waals surface area (Å²) in [6, 6.07) is 6.42. The van der Waals surface area contributed by atoms with Gasteiger partial charge < -0.3 is 29.9 Å². The lowest BCUT2D eigenvalue weighted by Gasteiger charge is -2.30. The Hall–Kier alpha value is -1.42. The van der Waals surface area contributed by atoms with Crippen LogP contribution in [0.4, 0.5) is 5.69 Å². The number of piperidine rings is 1. The second-order valence-electron chi connectivity index (χ2n) is 8.90. The maximum atomic E-state index is 5.42. The van der Waals surface area contributed by atoms with Gasteiger partial charge >= 0.3 is 0 Å². The number of halogens is 1. The van der Waals surface area contributed by atoms with Crippen molar-refractivity contribution in [1.82, 2.24) is 15.5 Å². The van der Waals surface area contributed by atoms with Gasteiger partial charge in [0.25, 0.3) is 0 Å². The second kappa shape index (κ2) is 14.0. The molecular weight excluding hydrogens is 517 g/mol. The largest absolute Gasteiger partial charge is 0.497 e. The standard InChI is InChI=1S/C24H41N5O2.HI/c1-19-8-7-12-28(17-19)11-6-5-10-26-24(25-2)27-20-9-13-29(18-20)21-14-22(30-3)16-23(15-21)31-4;/h14-16,19-20H,5-13,17-18H2,1-4H3,(H2,25,26,27);1H. The monoisotopic (exact) mass is 559 g/mol. The Morgan fingerprint density at radius 2 is 1.81 bits per heavy atom. The summed E-state index contributed by atoms with van der Waals surface area (Å²) in [4.78, 5) is 9.42. The van der Waals surface area contributed by atoms with Gasteiger partial charge in [-0.3, -0.25) is 4.99 Å². The molecule has 8 heteroatoms. The molecule has 0 saturated carbocycles. The van der Waals surface area contributed by atoms with E-state index in [2.05, 4.69) is 44.5 Å². The molecule has 0 aromatic heterocycles. The molecule has 7 nitrogen and oxygen atoms in total. The molecule has 0 amide bonds. The van der Waals surface area contributed by atoms with Gasteiger partial charge in [-0.2, -0.15) is 0 Å². The summed E-state index contributed by atoms with van der Waals surface area (Å²) >= 11 is 0. The Balaban J connectivity index is 0.00000363. The van der Waals surface area contributed by atoms with Gasteiger partial charge in [0.2, 0.25) is 0 Å². The van der Waals surface area contributed by atoms with Crippen molar-refractivity contribution in [2.24, 2.45) is 10.9 Å². The number of benzene rings is 1. The Morgan fingerprint density at radius 1 is 1.06 bits per heavy atom. The van der Waals surface area contributed by atoms with Gasteiger partial charge in [-0.1, -0.05) is 6.92 Å². The fourth-order valence-corrected chi connectivity index (χ4v) is 4.63. The van der Waals surface area contributed by atoms with E-state index in [0.717, 1.165) is 55.1 Å². The molecule has 2 aliphatic heterocycles. The number of anilines is 1. The lowest BCUT2D eigenvalue weighted by molar-refractivity contribution is 0.181. The van der Waals surface area contributed by atoms with Crippen LogP contribution in [0.2, 0.25) is 0 Å². The fourth-order valence-electron chi connectivity index (χ4n) is 4.63. The zero-order chi connectivity index (χ0) is 22.1. The van der Waals surface area contributed by atoms with Crippen LogP contribution in [0, 0.1) is 5.92 Å². The van der Waals surface area contributed by atoms with Crippen molar-refractivity contribution in [3.05, 3.63) is 18.2 Å². The zero-order valence-electron chi connectivity index (χ0n) is 20.2. The summed E-state index contributed by atoms with van der Waals surface area (Å²) < 4.78 is 10.8. The van der Waals surface area contributed by atoms with Crippen molar-refractivity contribution >= 4 is 35.6 Å². The van der Waals surface area contributed by atoms with Gasteiger partial charge in [0.1, 0.15) is 11.5 Å². The molecule has 0 radical (unpaired) electrons. The van der Waals surface area contributed by atoms with Gasteiger partial charge in [-0.25, -0.2) is 0 Å². The first-order chi connectivity index (χ1) is 15.1. The predicted molar refractivity (Wildman–Crippen MR) is 144 cm³/mol. The molecule has 2 N–H and O–H groups in total. The van der Waals surface area contributed by atoms with Crippen LogP contribution in [-0.4, -0.2) is 77.4 Å². The van der Waals surface area contributed by atoms with Crippen LogP contribution < -0.4 is 25.0 Å². The van der Waals surface area contributed by atoms with Crippen LogP contribution in [0.15, 0.2) is 23.2 Å². The number of likely N-dealkylation sites (tertiary alicyclic amines) is 1. The summed E-state index contributed by atoms with van der Waals surface area (Å²) in [5.41, 5.74) is 1.13. The SMILES string of the molecule is CN=C(NCCCCN1CCCC(C)C1)NC1CCN(c2cc(OC)cc(OC)c2)C1.I. The van der Waals surface area contributed by atoms with Crippen LogP contribution in [0.1, 0.15) is 39.0 Å². The van der Waals surface area contributed by atoms with Crippen LogP contribution in [0.3, 0.4) is 0 Å². The number of rotatable bonds is 9. The normalized spacial score (nSPS) is 21.8.